The zero-order valence-electron chi connectivity index (χ0n) is 7.05. The summed E-state index contributed by atoms with van der Waals surface area (Å²) in [6.07, 6.45) is 2.06. The molecule has 0 radical (unpaired) electrons. The van der Waals surface area contributed by atoms with E-state index < -0.39 is 0 Å². The van der Waals surface area contributed by atoms with Crippen molar-refractivity contribution < 1.29 is 9.84 Å². The maximum Gasteiger partial charge on any atom is 0.0948 e. The second-order valence-electron chi connectivity index (χ2n) is 3.02. The third-order valence-corrected chi connectivity index (χ3v) is 1.99. The summed E-state index contributed by atoms with van der Waals surface area (Å²) in [6.45, 7) is 4.29. The molecule has 1 saturated heterocycles. The van der Waals surface area contributed by atoms with Crippen LogP contribution >= 0.6 is 0 Å². The van der Waals surface area contributed by atoms with Crippen molar-refractivity contribution in [2.75, 3.05) is 19.8 Å². The lowest BCUT2D eigenvalue weighted by molar-refractivity contribution is 0.122. The molecule has 0 unspecified atom stereocenters. The van der Waals surface area contributed by atoms with E-state index in [1.165, 1.54) is 12.8 Å². The summed E-state index contributed by atoms with van der Waals surface area (Å²) in [6, 6.07) is 0.168. The summed E-state index contributed by atoms with van der Waals surface area (Å²) in [5, 5.41) is 12.6. The molecule has 0 saturated carbocycles. The van der Waals surface area contributed by atoms with Gasteiger partial charge >= 0.3 is 0 Å². The predicted molar refractivity (Wildman–Crippen MR) is 43.5 cm³/mol. The molecule has 0 aromatic carbocycles. The van der Waals surface area contributed by atoms with E-state index in [-0.39, 0.29) is 12.1 Å². The topological polar surface area (TPSA) is 41.5 Å². The van der Waals surface area contributed by atoms with E-state index in [9.17, 15) is 5.11 Å². The number of unbranched alkanes of at least 4 members (excludes halogenated alkanes) is 1. The van der Waals surface area contributed by atoms with Crippen LogP contribution in [-0.4, -0.2) is 37.0 Å². The highest BCUT2D eigenvalue weighted by atomic mass is 16.5. The Hall–Kier alpha value is -0.120. The van der Waals surface area contributed by atoms with Gasteiger partial charge in [0.05, 0.1) is 25.4 Å². The largest absolute Gasteiger partial charge is 0.389 e. The SMILES string of the molecule is CCCCN[C@H]1COC[C@@H]1O. The molecule has 0 aliphatic carbocycles. The molecule has 3 nitrogen and oxygen atoms in total. The fraction of sp³-hybridized carbons (Fsp3) is 1.00. The van der Waals surface area contributed by atoms with Crippen LogP contribution in [0.1, 0.15) is 19.8 Å². The fourth-order valence-electron chi connectivity index (χ4n) is 1.20. The molecule has 1 fully saturated rings. The number of hydrogen-bond donors (Lipinski definition) is 2. The summed E-state index contributed by atoms with van der Waals surface area (Å²) >= 11 is 0. The minimum atomic E-state index is -0.299. The van der Waals surface area contributed by atoms with Gasteiger partial charge in [-0.05, 0) is 13.0 Å². The van der Waals surface area contributed by atoms with Crippen molar-refractivity contribution in [2.24, 2.45) is 0 Å². The van der Waals surface area contributed by atoms with Crippen LogP contribution in [0.4, 0.5) is 0 Å². The first-order valence-corrected chi connectivity index (χ1v) is 4.33. The molecule has 3 heteroatoms. The number of aliphatic hydroxyl groups excluding tert-OH is 1. The van der Waals surface area contributed by atoms with Gasteiger partial charge in [0.2, 0.25) is 0 Å². The molecule has 0 amide bonds. The van der Waals surface area contributed by atoms with Crippen LogP contribution in [0.3, 0.4) is 0 Å². The van der Waals surface area contributed by atoms with Crippen LogP contribution in [0, 0.1) is 0 Å². The Labute approximate surface area is 67.7 Å². The van der Waals surface area contributed by atoms with Gasteiger partial charge in [-0.3, -0.25) is 0 Å². The molecule has 2 atom stereocenters. The number of aliphatic hydroxyl groups is 1. The Morgan fingerprint density at radius 3 is 2.91 bits per heavy atom. The van der Waals surface area contributed by atoms with Crippen molar-refractivity contribution in [3.05, 3.63) is 0 Å². The Morgan fingerprint density at radius 2 is 2.36 bits per heavy atom. The first kappa shape index (κ1) is 8.97. The van der Waals surface area contributed by atoms with Gasteiger partial charge in [0.25, 0.3) is 0 Å². The lowest BCUT2D eigenvalue weighted by atomic mass is 10.2. The number of hydrogen-bond acceptors (Lipinski definition) is 3. The summed E-state index contributed by atoms with van der Waals surface area (Å²) in [4.78, 5) is 0. The van der Waals surface area contributed by atoms with Crippen molar-refractivity contribution in [1.82, 2.24) is 5.32 Å². The molecule has 1 rings (SSSR count). The first-order valence-electron chi connectivity index (χ1n) is 4.33. The molecule has 1 aliphatic rings. The molecular weight excluding hydrogens is 142 g/mol. The van der Waals surface area contributed by atoms with Gasteiger partial charge in [0, 0.05) is 0 Å². The minimum Gasteiger partial charge on any atom is -0.389 e. The van der Waals surface area contributed by atoms with Crippen LogP contribution in [-0.2, 0) is 4.74 Å². The molecule has 2 N–H and O–H groups in total. The van der Waals surface area contributed by atoms with Crippen LogP contribution in [0.25, 0.3) is 0 Å². The summed E-state index contributed by atoms with van der Waals surface area (Å²) < 4.78 is 5.09. The molecule has 0 bridgehead atoms. The maximum absolute atomic E-state index is 9.30. The Morgan fingerprint density at radius 1 is 1.55 bits per heavy atom. The third kappa shape index (κ3) is 2.77. The molecule has 0 aromatic heterocycles. The first-order chi connectivity index (χ1) is 5.34. The predicted octanol–water partition coefficient (Wildman–Crippen LogP) is 0.136. The van der Waals surface area contributed by atoms with E-state index in [1.807, 2.05) is 0 Å². The highest BCUT2D eigenvalue weighted by Crippen LogP contribution is 2.04. The molecule has 1 aliphatic heterocycles. The lowest BCUT2D eigenvalue weighted by Crippen LogP contribution is -2.39. The van der Waals surface area contributed by atoms with Crippen molar-refractivity contribution in [3.63, 3.8) is 0 Å². The van der Waals surface area contributed by atoms with Crippen LogP contribution in [0.15, 0.2) is 0 Å². The Bertz CT molecular complexity index is 108. The van der Waals surface area contributed by atoms with Gasteiger partial charge in [0.1, 0.15) is 0 Å². The lowest BCUT2D eigenvalue weighted by Gasteiger charge is -2.13. The summed E-state index contributed by atoms with van der Waals surface area (Å²) in [5.41, 5.74) is 0. The van der Waals surface area contributed by atoms with Gasteiger partial charge in [-0.25, -0.2) is 0 Å². The maximum atomic E-state index is 9.30. The van der Waals surface area contributed by atoms with E-state index in [1.54, 1.807) is 0 Å². The molecular formula is C8H17NO2. The molecule has 11 heavy (non-hydrogen) atoms. The molecule has 66 valence electrons. The monoisotopic (exact) mass is 159 g/mol. The molecule has 0 spiro atoms. The van der Waals surface area contributed by atoms with E-state index in [0.717, 1.165) is 6.54 Å². The van der Waals surface area contributed by atoms with E-state index in [2.05, 4.69) is 12.2 Å². The van der Waals surface area contributed by atoms with Gasteiger partial charge < -0.3 is 15.2 Å². The zero-order valence-corrected chi connectivity index (χ0v) is 7.05. The van der Waals surface area contributed by atoms with Gasteiger partial charge in [-0.15, -0.1) is 0 Å². The van der Waals surface area contributed by atoms with Crippen LogP contribution in [0.2, 0.25) is 0 Å². The quantitative estimate of drug-likeness (QED) is 0.573. The second-order valence-corrected chi connectivity index (χ2v) is 3.02. The number of rotatable bonds is 4. The Balaban J connectivity index is 2.05. The highest BCUT2D eigenvalue weighted by Gasteiger charge is 2.24. The van der Waals surface area contributed by atoms with Crippen molar-refractivity contribution in [3.8, 4) is 0 Å². The fourth-order valence-corrected chi connectivity index (χ4v) is 1.20. The summed E-state index contributed by atoms with van der Waals surface area (Å²) in [7, 11) is 0. The standard InChI is InChI=1S/C8H17NO2/c1-2-3-4-9-7-5-11-6-8(7)10/h7-10H,2-6H2,1H3/t7-,8-/m0/s1. The second kappa shape index (κ2) is 4.70. The van der Waals surface area contributed by atoms with E-state index in [0.29, 0.717) is 13.2 Å². The smallest absolute Gasteiger partial charge is 0.0948 e. The molecule has 0 aromatic rings. The third-order valence-electron chi connectivity index (χ3n) is 1.99. The van der Waals surface area contributed by atoms with Crippen molar-refractivity contribution in [1.29, 1.82) is 0 Å². The average Bonchev–Trinajstić information content (AvgIpc) is 2.37. The van der Waals surface area contributed by atoms with Gasteiger partial charge in [0.15, 0.2) is 0 Å². The van der Waals surface area contributed by atoms with Crippen LogP contribution < -0.4 is 5.32 Å². The van der Waals surface area contributed by atoms with Crippen molar-refractivity contribution >= 4 is 0 Å². The minimum absolute atomic E-state index is 0.168. The number of nitrogens with one attached hydrogen (secondary N) is 1. The highest BCUT2D eigenvalue weighted by molar-refractivity contribution is 4.80. The van der Waals surface area contributed by atoms with Crippen LogP contribution in [0.5, 0.6) is 0 Å². The van der Waals surface area contributed by atoms with E-state index in [4.69, 9.17) is 4.74 Å². The molecule has 1 heterocycles. The van der Waals surface area contributed by atoms with Gasteiger partial charge in [-0.1, -0.05) is 13.3 Å². The Kier molecular flexibility index (Phi) is 3.83. The summed E-state index contributed by atoms with van der Waals surface area (Å²) in [5.74, 6) is 0. The average molecular weight is 159 g/mol. The number of ether oxygens (including phenoxy) is 1. The zero-order chi connectivity index (χ0) is 8.10. The van der Waals surface area contributed by atoms with E-state index >= 15 is 0 Å². The normalized spacial score (nSPS) is 31.1. The van der Waals surface area contributed by atoms with Gasteiger partial charge in [-0.2, -0.15) is 0 Å². The van der Waals surface area contributed by atoms with Crippen molar-refractivity contribution in [2.45, 2.75) is 31.9 Å².